The van der Waals surface area contributed by atoms with E-state index < -0.39 is 0 Å². The van der Waals surface area contributed by atoms with Gasteiger partial charge in [-0.1, -0.05) is 18.2 Å². The van der Waals surface area contributed by atoms with Crippen LogP contribution in [0.5, 0.6) is 17.2 Å². The van der Waals surface area contributed by atoms with Crippen LogP contribution in [0.1, 0.15) is 21.5 Å². The fourth-order valence-electron chi connectivity index (χ4n) is 2.42. The first kappa shape index (κ1) is 17.3. The summed E-state index contributed by atoms with van der Waals surface area (Å²) in [5.74, 6) is 1.51. The van der Waals surface area contributed by atoms with E-state index in [1.807, 2.05) is 32.0 Å². The van der Waals surface area contributed by atoms with Crippen molar-refractivity contribution in [1.82, 2.24) is 0 Å². The molecule has 23 heavy (non-hydrogen) atoms. The number of hydrogen-bond donors (Lipinski definition) is 0. The smallest absolute Gasteiger partial charge is 0.193 e. The topological polar surface area (TPSA) is 44.8 Å². The maximum atomic E-state index is 12.9. The number of aryl methyl sites for hydroxylation is 2. The van der Waals surface area contributed by atoms with E-state index in [4.69, 9.17) is 14.2 Å². The standard InChI is InChI=1S/C18H21O4P/c1-11-7-6-8-12(2)17(11)23-18(19)16-14(21-4)9-13(20-3)10-15(16)22-5/h6-10,23H,1-5H3. The van der Waals surface area contributed by atoms with E-state index in [-0.39, 0.29) is 14.1 Å². The number of hydrogen-bond acceptors (Lipinski definition) is 4. The molecular formula is C18H21O4P. The molecule has 0 saturated carbocycles. The van der Waals surface area contributed by atoms with Crippen LogP contribution in [-0.2, 0) is 0 Å². The summed E-state index contributed by atoms with van der Waals surface area (Å²) in [6.07, 6.45) is 0. The Morgan fingerprint density at radius 1 is 0.913 bits per heavy atom. The largest absolute Gasteiger partial charge is 0.496 e. The molecule has 2 aromatic rings. The molecule has 0 heterocycles. The number of rotatable bonds is 6. The lowest BCUT2D eigenvalue weighted by molar-refractivity contribution is 0.108. The highest BCUT2D eigenvalue weighted by molar-refractivity contribution is 7.66. The Kier molecular flexibility index (Phi) is 5.62. The first-order chi connectivity index (χ1) is 11.0. The van der Waals surface area contributed by atoms with E-state index in [9.17, 15) is 4.79 Å². The molecule has 0 saturated heterocycles. The Bertz CT molecular complexity index is 680. The quantitative estimate of drug-likeness (QED) is 0.760. The molecule has 4 nitrogen and oxygen atoms in total. The van der Waals surface area contributed by atoms with E-state index in [1.54, 1.807) is 19.2 Å². The van der Waals surface area contributed by atoms with E-state index in [0.717, 1.165) is 16.4 Å². The summed E-state index contributed by atoms with van der Waals surface area (Å²) in [7, 11) is 4.64. The first-order valence-electron chi connectivity index (χ1n) is 7.19. The van der Waals surface area contributed by atoms with E-state index in [1.165, 1.54) is 14.2 Å². The maximum Gasteiger partial charge on any atom is 0.193 e. The molecule has 0 aliphatic carbocycles. The van der Waals surface area contributed by atoms with Gasteiger partial charge in [0.1, 0.15) is 22.8 Å². The van der Waals surface area contributed by atoms with Gasteiger partial charge >= 0.3 is 0 Å². The van der Waals surface area contributed by atoms with E-state index >= 15 is 0 Å². The Morgan fingerprint density at radius 3 is 1.87 bits per heavy atom. The highest BCUT2D eigenvalue weighted by Gasteiger charge is 2.21. The average molecular weight is 332 g/mol. The van der Waals surface area contributed by atoms with Gasteiger partial charge in [-0.15, -0.1) is 0 Å². The van der Waals surface area contributed by atoms with Gasteiger partial charge in [-0.2, -0.15) is 0 Å². The number of ether oxygens (including phenoxy) is 3. The van der Waals surface area contributed by atoms with Crippen LogP contribution in [0.2, 0.25) is 0 Å². The van der Waals surface area contributed by atoms with Crippen LogP contribution in [0.3, 0.4) is 0 Å². The highest BCUT2D eigenvalue weighted by atomic mass is 31.1. The average Bonchev–Trinajstić information content (AvgIpc) is 2.56. The van der Waals surface area contributed by atoms with Gasteiger partial charge in [0.15, 0.2) is 5.52 Å². The Morgan fingerprint density at radius 2 is 1.43 bits per heavy atom. The molecule has 2 rings (SSSR count). The van der Waals surface area contributed by atoms with Crippen LogP contribution in [0.25, 0.3) is 0 Å². The second kappa shape index (κ2) is 7.47. The fraction of sp³-hybridized carbons (Fsp3) is 0.278. The molecule has 0 aromatic heterocycles. The molecule has 0 fully saturated rings. The van der Waals surface area contributed by atoms with Gasteiger partial charge < -0.3 is 14.2 Å². The Labute approximate surface area is 138 Å². The van der Waals surface area contributed by atoms with E-state index in [2.05, 4.69) is 0 Å². The fourth-order valence-corrected chi connectivity index (χ4v) is 3.58. The van der Waals surface area contributed by atoms with Gasteiger partial charge in [0, 0.05) is 12.1 Å². The molecule has 0 radical (unpaired) electrons. The van der Waals surface area contributed by atoms with Crippen LogP contribution < -0.4 is 19.5 Å². The minimum Gasteiger partial charge on any atom is -0.496 e. The molecule has 2 aromatic carbocycles. The summed E-state index contributed by atoms with van der Waals surface area (Å²) in [5.41, 5.74) is 2.67. The van der Waals surface area contributed by atoms with Gasteiger partial charge in [0.25, 0.3) is 0 Å². The van der Waals surface area contributed by atoms with Crippen molar-refractivity contribution in [2.24, 2.45) is 0 Å². The molecule has 0 aliphatic rings. The number of benzene rings is 2. The molecule has 0 amide bonds. The van der Waals surface area contributed by atoms with Gasteiger partial charge in [0.05, 0.1) is 21.3 Å². The van der Waals surface area contributed by atoms with Crippen molar-refractivity contribution >= 4 is 19.4 Å². The summed E-state index contributed by atoms with van der Waals surface area (Å²) in [6.45, 7) is 4.04. The molecule has 0 bridgehead atoms. The summed E-state index contributed by atoms with van der Waals surface area (Å²) < 4.78 is 16.0. The molecule has 0 N–H and O–H groups in total. The second-order valence-corrected chi connectivity index (χ2v) is 6.33. The number of methoxy groups -OCH3 is 3. The lowest BCUT2D eigenvalue weighted by Crippen LogP contribution is -2.10. The third-order valence-electron chi connectivity index (χ3n) is 3.66. The van der Waals surface area contributed by atoms with Gasteiger partial charge in [-0.3, -0.25) is 4.79 Å². The zero-order chi connectivity index (χ0) is 17.0. The van der Waals surface area contributed by atoms with Crippen molar-refractivity contribution in [3.63, 3.8) is 0 Å². The number of carbonyl (C=O) groups is 1. The van der Waals surface area contributed by atoms with Crippen molar-refractivity contribution < 1.29 is 19.0 Å². The zero-order valence-electron chi connectivity index (χ0n) is 14.0. The Hall–Kier alpha value is -2.06. The number of carbonyl (C=O) groups excluding carboxylic acids is 1. The normalized spacial score (nSPS) is 10.8. The molecule has 122 valence electrons. The monoisotopic (exact) mass is 332 g/mol. The predicted molar refractivity (Wildman–Crippen MR) is 94.3 cm³/mol. The summed E-state index contributed by atoms with van der Waals surface area (Å²) >= 11 is 0. The minimum atomic E-state index is -0.0150. The van der Waals surface area contributed by atoms with Crippen LogP contribution in [-0.4, -0.2) is 26.9 Å². The zero-order valence-corrected chi connectivity index (χ0v) is 15.0. The summed E-state index contributed by atoms with van der Waals surface area (Å²) in [6, 6.07) is 9.43. The first-order valence-corrected chi connectivity index (χ1v) is 8.19. The van der Waals surface area contributed by atoms with Crippen LogP contribution in [0.15, 0.2) is 30.3 Å². The Balaban J connectivity index is 2.46. The van der Waals surface area contributed by atoms with Gasteiger partial charge in [-0.05, 0) is 38.9 Å². The van der Waals surface area contributed by atoms with Crippen LogP contribution in [0.4, 0.5) is 0 Å². The molecule has 1 atom stereocenters. The van der Waals surface area contributed by atoms with Crippen molar-refractivity contribution in [1.29, 1.82) is 0 Å². The third kappa shape index (κ3) is 3.65. The van der Waals surface area contributed by atoms with Crippen molar-refractivity contribution in [3.8, 4) is 17.2 Å². The maximum absolute atomic E-state index is 12.9. The lowest BCUT2D eigenvalue weighted by Gasteiger charge is -2.15. The van der Waals surface area contributed by atoms with Crippen molar-refractivity contribution in [2.45, 2.75) is 13.8 Å². The van der Waals surface area contributed by atoms with Crippen LogP contribution in [0, 0.1) is 13.8 Å². The van der Waals surface area contributed by atoms with Crippen molar-refractivity contribution in [2.75, 3.05) is 21.3 Å². The molecule has 5 heteroatoms. The highest BCUT2D eigenvalue weighted by Crippen LogP contribution is 2.38. The second-order valence-electron chi connectivity index (χ2n) is 5.13. The predicted octanol–water partition coefficient (Wildman–Crippen LogP) is 3.47. The van der Waals surface area contributed by atoms with Crippen molar-refractivity contribution in [3.05, 3.63) is 47.0 Å². The summed E-state index contributed by atoms with van der Waals surface area (Å²) in [4.78, 5) is 12.9. The molecule has 0 spiro atoms. The van der Waals surface area contributed by atoms with E-state index in [0.29, 0.717) is 22.8 Å². The lowest BCUT2D eigenvalue weighted by atomic mass is 10.1. The third-order valence-corrected chi connectivity index (χ3v) is 5.18. The summed E-state index contributed by atoms with van der Waals surface area (Å²) in [5, 5.41) is 1.07. The minimum absolute atomic E-state index is 0.00993. The van der Waals surface area contributed by atoms with Gasteiger partial charge in [-0.25, -0.2) is 0 Å². The molecular weight excluding hydrogens is 311 g/mol. The van der Waals surface area contributed by atoms with Crippen LogP contribution >= 0.6 is 8.58 Å². The van der Waals surface area contributed by atoms with Gasteiger partial charge in [0.2, 0.25) is 0 Å². The molecule has 0 aliphatic heterocycles. The SMILES string of the molecule is COc1cc(OC)c(C(=O)Pc2c(C)cccc2C)c(OC)c1. The molecule has 1 unspecified atom stereocenters.